The van der Waals surface area contributed by atoms with Crippen molar-refractivity contribution in [3.8, 4) is 5.75 Å². The van der Waals surface area contributed by atoms with Crippen molar-refractivity contribution in [3.05, 3.63) is 64.7 Å². The summed E-state index contributed by atoms with van der Waals surface area (Å²) in [6, 6.07) is 15.0. The van der Waals surface area contributed by atoms with E-state index in [2.05, 4.69) is 5.32 Å². The van der Waals surface area contributed by atoms with Crippen LogP contribution in [-0.2, 0) is 4.79 Å². The molecule has 0 aromatic heterocycles. The van der Waals surface area contributed by atoms with E-state index in [0.717, 1.165) is 5.56 Å². The number of carbonyl (C=O) groups is 1. The summed E-state index contributed by atoms with van der Waals surface area (Å²) in [6.45, 7) is 5.72. The molecular formula is C18H20ClNO2. The van der Waals surface area contributed by atoms with Gasteiger partial charge in [0.05, 0.1) is 6.04 Å². The minimum Gasteiger partial charge on any atom is -0.481 e. The van der Waals surface area contributed by atoms with Gasteiger partial charge in [-0.2, -0.15) is 0 Å². The second kappa shape index (κ2) is 7.32. The van der Waals surface area contributed by atoms with E-state index in [1.807, 2.05) is 38.1 Å². The fourth-order valence-corrected chi connectivity index (χ4v) is 2.17. The number of carbonyl (C=O) groups excluding carboxylic acids is 1. The second-order valence-electron chi connectivity index (χ2n) is 5.35. The number of aryl methyl sites for hydroxylation is 1. The van der Waals surface area contributed by atoms with Crippen molar-refractivity contribution < 1.29 is 9.53 Å². The SMILES string of the molecule is Cc1ccc([C@@H](C)NC(=O)[C@@H](C)Oc2ccc(Cl)cc2)cc1. The van der Waals surface area contributed by atoms with E-state index >= 15 is 0 Å². The molecule has 22 heavy (non-hydrogen) atoms. The Bertz CT molecular complexity index is 623. The molecule has 2 aromatic carbocycles. The van der Waals surface area contributed by atoms with Gasteiger partial charge < -0.3 is 10.1 Å². The first-order valence-corrected chi connectivity index (χ1v) is 7.62. The molecule has 3 nitrogen and oxygen atoms in total. The Hall–Kier alpha value is -2.00. The summed E-state index contributed by atoms with van der Waals surface area (Å²) in [6.07, 6.45) is -0.575. The fourth-order valence-electron chi connectivity index (χ4n) is 2.04. The number of hydrogen-bond donors (Lipinski definition) is 1. The maximum atomic E-state index is 12.2. The number of amides is 1. The van der Waals surface area contributed by atoms with Crippen LogP contribution in [0.3, 0.4) is 0 Å². The Kier molecular flexibility index (Phi) is 5.45. The van der Waals surface area contributed by atoms with E-state index in [4.69, 9.17) is 16.3 Å². The third-order valence-corrected chi connectivity index (χ3v) is 3.68. The highest BCUT2D eigenvalue weighted by molar-refractivity contribution is 6.30. The van der Waals surface area contributed by atoms with Crippen molar-refractivity contribution in [1.29, 1.82) is 0 Å². The highest BCUT2D eigenvalue weighted by atomic mass is 35.5. The van der Waals surface area contributed by atoms with Gasteiger partial charge in [-0.05, 0) is 50.6 Å². The summed E-state index contributed by atoms with van der Waals surface area (Å²) in [4.78, 5) is 12.2. The summed E-state index contributed by atoms with van der Waals surface area (Å²) in [5.41, 5.74) is 2.26. The third-order valence-electron chi connectivity index (χ3n) is 3.43. The lowest BCUT2D eigenvalue weighted by Crippen LogP contribution is -2.37. The lowest BCUT2D eigenvalue weighted by Gasteiger charge is -2.19. The Morgan fingerprint density at radius 2 is 1.64 bits per heavy atom. The van der Waals surface area contributed by atoms with Gasteiger partial charge in [0.15, 0.2) is 6.10 Å². The summed E-state index contributed by atoms with van der Waals surface area (Å²) < 4.78 is 5.62. The van der Waals surface area contributed by atoms with Gasteiger partial charge in [-0.25, -0.2) is 0 Å². The zero-order valence-electron chi connectivity index (χ0n) is 13.0. The van der Waals surface area contributed by atoms with Crippen LogP contribution in [0.1, 0.15) is 31.0 Å². The molecule has 0 unspecified atom stereocenters. The molecule has 1 amide bonds. The summed E-state index contributed by atoms with van der Waals surface area (Å²) in [7, 11) is 0. The molecule has 116 valence electrons. The average molecular weight is 318 g/mol. The van der Waals surface area contributed by atoms with E-state index in [9.17, 15) is 4.79 Å². The molecule has 0 aliphatic rings. The van der Waals surface area contributed by atoms with Crippen LogP contribution in [0.2, 0.25) is 5.02 Å². The van der Waals surface area contributed by atoms with Crippen molar-refractivity contribution in [2.45, 2.75) is 32.9 Å². The highest BCUT2D eigenvalue weighted by Gasteiger charge is 2.17. The molecule has 0 aliphatic carbocycles. The van der Waals surface area contributed by atoms with Crippen molar-refractivity contribution in [1.82, 2.24) is 5.32 Å². The molecule has 1 N–H and O–H groups in total. The lowest BCUT2D eigenvalue weighted by molar-refractivity contribution is -0.127. The van der Waals surface area contributed by atoms with E-state index in [0.29, 0.717) is 10.8 Å². The van der Waals surface area contributed by atoms with Crippen LogP contribution in [-0.4, -0.2) is 12.0 Å². The van der Waals surface area contributed by atoms with Gasteiger partial charge in [0.25, 0.3) is 5.91 Å². The van der Waals surface area contributed by atoms with Gasteiger partial charge in [0, 0.05) is 5.02 Å². The van der Waals surface area contributed by atoms with Crippen LogP contribution >= 0.6 is 11.6 Å². The molecule has 0 bridgehead atoms. The van der Waals surface area contributed by atoms with E-state index in [1.54, 1.807) is 31.2 Å². The molecule has 0 heterocycles. The third kappa shape index (κ3) is 4.50. The lowest BCUT2D eigenvalue weighted by atomic mass is 10.1. The normalized spacial score (nSPS) is 13.3. The Morgan fingerprint density at radius 1 is 1.05 bits per heavy atom. The molecule has 0 fully saturated rings. The van der Waals surface area contributed by atoms with Gasteiger partial charge in [-0.15, -0.1) is 0 Å². The van der Waals surface area contributed by atoms with Gasteiger partial charge in [-0.3, -0.25) is 4.79 Å². The minimum atomic E-state index is -0.575. The number of benzene rings is 2. The van der Waals surface area contributed by atoms with Gasteiger partial charge in [-0.1, -0.05) is 41.4 Å². The molecule has 2 rings (SSSR count). The minimum absolute atomic E-state index is 0.0654. The van der Waals surface area contributed by atoms with E-state index in [1.165, 1.54) is 5.56 Å². The Labute approximate surface area is 136 Å². The van der Waals surface area contributed by atoms with Crippen LogP contribution in [0, 0.1) is 6.92 Å². The number of ether oxygens (including phenoxy) is 1. The molecule has 0 saturated carbocycles. The first-order valence-electron chi connectivity index (χ1n) is 7.25. The van der Waals surface area contributed by atoms with Gasteiger partial charge in [0.2, 0.25) is 0 Å². The zero-order chi connectivity index (χ0) is 16.1. The maximum absolute atomic E-state index is 12.2. The monoisotopic (exact) mass is 317 g/mol. The van der Waals surface area contributed by atoms with Crippen molar-refractivity contribution >= 4 is 17.5 Å². The average Bonchev–Trinajstić information content (AvgIpc) is 2.50. The topological polar surface area (TPSA) is 38.3 Å². The highest BCUT2D eigenvalue weighted by Crippen LogP contribution is 2.18. The predicted molar refractivity (Wildman–Crippen MR) is 89.3 cm³/mol. The van der Waals surface area contributed by atoms with Crippen LogP contribution in [0.5, 0.6) is 5.75 Å². The van der Waals surface area contributed by atoms with Gasteiger partial charge in [0.1, 0.15) is 5.75 Å². The van der Waals surface area contributed by atoms with Crippen molar-refractivity contribution in [2.75, 3.05) is 0 Å². The number of halogens is 1. The van der Waals surface area contributed by atoms with Crippen LogP contribution in [0.25, 0.3) is 0 Å². The fraction of sp³-hybridized carbons (Fsp3) is 0.278. The standard InChI is InChI=1S/C18H20ClNO2/c1-12-4-6-15(7-5-12)13(2)20-18(21)14(3)22-17-10-8-16(19)9-11-17/h4-11,13-14H,1-3H3,(H,20,21)/t13-,14-/m1/s1. The quantitative estimate of drug-likeness (QED) is 0.893. The van der Waals surface area contributed by atoms with Crippen LogP contribution in [0.4, 0.5) is 0 Å². The molecule has 0 radical (unpaired) electrons. The summed E-state index contributed by atoms with van der Waals surface area (Å²) in [5.74, 6) is 0.470. The molecule has 4 heteroatoms. The molecule has 0 aliphatic heterocycles. The Balaban J connectivity index is 1.93. The zero-order valence-corrected chi connectivity index (χ0v) is 13.7. The van der Waals surface area contributed by atoms with E-state index < -0.39 is 6.10 Å². The maximum Gasteiger partial charge on any atom is 0.261 e. The number of rotatable bonds is 5. The molecule has 0 spiro atoms. The molecular weight excluding hydrogens is 298 g/mol. The van der Waals surface area contributed by atoms with Crippen LogP contribution in [0.15, 0.2) is 48.5 Å². The van der Waals surface area contributed by atoms with Gasteiger partial charge >= 0.3 is 0 Å². The second-order valence-corrected chi connectivity index (χ2v) is 5.79. The van der Waals surface area contributed by atoms with Crippen LogP contribution < -0.4 is 10.1 Å². The van der Waals surface area contributed by atoms with Crippen molar-refractivity contribution in [3.63, 3.8) is 0 Å². The largest absolute Gasteiger partial charge is 0.481 e. The summed E-state index contributed by atoms with van der Waals surface area (Å²) >= 11 is 5.82. The van der Waals surface area contributed by atoms with Crippen molar-refractivity contribution in [2.24, 2.45) is 0 Å². The smallest absolute Gasteiger partial charge is 0.261 e. The Morgan fingerprint density at radius 3 is 2.23 bits per heavy atom. The first kappa shape index (κ1) is 16.4. The molecule has 0 saturated heterocycles. The molecule has 2 aromatic rings. The number of hydrogen-bond acceptors (Lipinski definition) is 2. The number of nitrogens with one attached hydrogen (secondary N) is 1. The summed E-state index contributed by atoms with van der Waals surface area (Å²) in [5, 5.41) is 3.59. The molecule has 2 atom stereocenters. The predicted octanol–water partition coefficient (Wildman–Crippen LogP) is 4.29. The van der Waals surface area contributed by atoms with E-state index in [-0.39, 0.29) is 11.9 Å². The first-order chi connectivity index (χ1) is 10.5.